The van der Waals surface area contributed by atoms with Gasteiger partial charge in [0.2, 0.25) is 5.88 Å². The number of pyridine rings is 1. The molecule has 0 aliphatic carbocycles. The van der Waals surface area contributed by atoms with E-state index < -0.39 is 5.91 Å². The maximum Gasteiger partial charge on any atom is 0.263 e. The number of hydrogen-bond donors (Lipinski definition) is 2. The van der Waals surface area contributed by atoms with Crippen LogP contribution in [0.1, 0.15) is 16.8 Å². The van der Waals surface area contributed by atoms with Gasteiger partial charge in [-0.1, -0.05) is 0 Å². The van der Waals surface area contributed by atoms with E-state index in [1.807, 2.05) is 0 Å². The summed E-state index contributed by atoms with van der Waals surface area (Å²) in [7, 11) is 1.51. The van der Waals surface area contributed by atoms with Crippen molar-refractivity contribution in [3.63, 3.8) is 0 Å². The molecule has 1 saturated heterocycles. The molecule has 10 nitrogen and oxygen atoms in total. The predicted molar refractivity (Wildman–Crippen MR) is 103 cm³/mol. The first-order valence-corrected chi connectivity index (χ1v) is 8.95. The molecule has 28 heavy (non-hydrogen) atoms. The van der Waals surface area contributed by atoms with Crippen molar-refractivity contribution < 1.29 is 14.3 Å². The van der Waals surface area contributed by atoms with Crippen LogP contribution in [0.2, 0.25) is 0 Å². The number of carbonyl (C=O) groups is 1. The first-order chi connectivity index (χ1) is 13.7. The molecule has 10 heteroatoms. The molecular weight excluding hydrogens is 362 g/mol. The molecule has 146 valence electrons. The molecule has 1 aliphatic heterocycles. The molecule has 3 aromatic heterocycles. The Hall–Kier alpha value is -3.40. The third-order valence-corrected chi connectivity index (χ3v) is 4.57. The lowest BCUT2D eigenvalue weighted by Crippen LogP contribution is -2.39. The highest BCUT2D eigenvalue weighted by atomic mass is 16.5. The standard InChI is InChI=1S/C18H21N7O3/c1-27-13-3-5-20-11-12(13)21-18(26)15-16(19)23-25-8-4-14(22-17(15)25)28-10-9-24-6-2-7-24/h3-5,8,11H,2,6-7,9-10H2,1H3,(H2,19,23)(H,21,26). The molecule has 4 rings (SSSR count). The summed E-state index contributed by atoms with van der Waals surface area (Å²) in [5.74, 6) is 0.525. The van der Waals surface area contributed by atoms with Gasteiger partial charge in [0.05, 0.1) is 13.3 Å². The lowest BCUT2D eigenvalue weighted by Gasteiger charge is -2.30. The fourth-order valence-corrected chi connectivity index (χ4v) is 2.95. The Labute approximate surface area is 161 Å². The predicted octanol–water partition coefficient (Wildman–Crippen LogP) is 1.05. The van der Waals surface area contributed by atoms with E-state index in [1.165, 1.54) is 24.2 Å². The minimum atomic E-state index is -0.455. The van der Waals surface area contributed by atoms with Crippen molar-refractivity contribution in [3.8, 4) is 11.6 Å². The Morgan fingerprint density at radius 2 is 2.21 bits per heavy atom. The summed E-state index contributed by atoms with van der Waals surface area (Å²) in [5.41, 5.74) is 6.88. The molecule has 1 aliphatic rings. The molecular formula is C18H21N7O3. The number of carbonyl (C=O) groups excluding carboxylic acids is 1. The number of hydrogen-bond acceptors (Lipinski definition) is 8. The summed E-state index contributed by atoms with van der Waals surface area (Å²) >= 11 is 0. The molecule has 0 atom stereocenters. The Balaban J connectivity index is 1.55. The highest BCUT2D eigenvalue weighted by Gasteiger charge is 2.21. The molecule has 1 fully saturated rings. The summed E-state index contributed by atoms with van der Waals surface area (Å²) in [6.07, 6.45) is 5.97. The van der Waals surface area contributed by atoms with Crippen LogP contribution >= 0.6 is 0 Å². The third-order valence-electron chi connectivity index (χ3n) is 4.57. The number of ether oxygens (including phenoxy) is 2. The Bertz CT molecular complexity index is 1000. The second kappa shape index (κ2) is 7.69. The molecule has 1 amide bonds. The van der Waals surface area contributed by atoms with Crippen LogP contribution in [0, 0.1) is 0 Å². The largest absolute Gasteiger partial charge is 0.494 e. The van der Waals surface area contributed by atoms with Gasteiger partial charge in [-0.3, -0.25) is 14.7 Å². The summed E-state index contributed by atoms with van der Waals surface area (Å²) in [6, 6.07) is 3.35. The number of rotatable bonds is 7. The van der Waals surface area contributed by atoms with Crippen molar-refractivity contribution in [3.05, 3.63) is 36.3 Å². The number of nitrogen functional groups attached to an aromatic ring is 1. The van der Waals surface area contributed by atoms with Crippen LogP contribution in [0.15, 0.2) is 30.7 Å². The highest BCUT2D eigenvalue weighted by Crippen LogP contribution is 2.25. The normalized spacial score (nSPS) is 13.9. The van der Waals surface area contributed by atoms with E-state index in [0.29, 0.717) is 29.6 Å². The quantitative estimate of drug-likeness (QED) is 0.621. The molecule has 4 heterocycles. The van der Waals surface area contributed by atoms with Crippen LogP contribution in [-0.2, 0) is 0 Å². The van der Waals surface area contributed by atoms with Gasteiger partial charge in [-0.15, -0.1) is 5.10 Å². The number of nitrogens with zero attached hydrogens (tertiary/aromatic N) is 5. The van der Waals surface area contributed by atoms with Crippen molar-refractivity contribution >= 4 is 23.1 Å². The Morgan fingerprint density at radius 3 is 2.96 bits per heavy atom. The van der Waals surface area contributed by atoms with Gasteiger partial charge in [-0.05, 0) is 19.5 Å². The molecule has 0 saturated carbocycles. The van der Waals surface area contributed by atoms with Gasteiger partial charge >= 0.3 is 0 Å². The number of aromatic nitrogens is 4. The van der Waals surface area contributed by atoms with E-state index >= 15 is 0 Å². The van der Waals surface area contributed by atoms with Gasteiger partial charge in [0.1, 0.15) is 23.6 Å². The summed E-state index contributed by atoms with van der Waals surface area (Å²) in [4.78, 5) is 23.5. The summed E-state index contributed by atoms with van der Waals surface area (Å²) < 4.78 is 12.4. The van der Waals surface area contributed by atoms with Crippen LogP contribution in [0.25, 0.3) is 5.65 Å². The fourth-order valence-electron chi connectivity index (χ4n) is 2.95. The smallest absolute Gasteiger partial charge is 0.263 e. The van der Waals surface area contributed by atoms with Crippen LogP contribution < -0.4 is 20.5 Å². The van der Waals surface area contributed by atoms with Crippen LogP contribution in [0.3, 0.4) is 0 Å². The molecule has 0 unspecified atom stereocenters. The average molecular weight is 383 g/mol. The van der Waals surface area contributed by atoms with Crippen molar-refractivity contribution in [2.45, 2.75) is 6.42 Å². The minimum Gasteiger partial charge on any atom is -0.494 e. The Kier molecular flexibility index (Phi) is 4.94. The number of nitrogens with two attached hydrogens (primary N) is 1. The monoisotopic (exact) mass is 383 g/mol. The zero-order valence-corrected chi connectivity index (χ0v) is 15.5. The lowest BCUT2D eigenvalue weighted by atomic mass is 10.2. The molecule has 0 bridgehead atoms. The lowest BCUT2D eigenvalue weighted by molar-refractivity contribution is 0.102. The van der Waals surface area contributed by atoms with E-state index in [4.69, 9.17) is 15.2 Å². The zero-order chi connectivity index (χ0) is 19.5. The topological polar surface area (TPSA) is 120 Å². The number of nitrogens with one attached hydrogen (secondary N) is 1. The van der Waals surface area contributed by atoms with Gasteiger partial charge in [0.25, 0.3) is 5.91 Å². The summed E-state index contributed by atoms with van der Waals surface area (Å²) in [5, 5.41) is 6.89. The molecule has 3 aromatic rings. The molecule has 0 radical (unpaired) electrons. The number of amides is 1. The van der Waals surface area contributed by atoms with E-state index in [0.717, 1.165) is 19.6 Å². The van der Waals surface area contributed by atoms with Gasteiger partial charge in [-0.2, -0.15) is 4.98 Å². The first kappa shape index (κ1) is 18.0. The second-order valence-electron chi connectivity index (χ2n) is 6.37. The third kappa shape index (κ3) is 3.54. The van der Waals surface area contributed by atoms with E-state index in [1.54, 1.807) is 24.5 Å². The van der Waals surface area contributed by atoms with Crippen LogP contribution in [-0.4, -0.2) is 63.7 Å². The highest BCUT2D eigenvalue weighted by molar-refractivity contribution is 6.12. The Morgan fingerprint density at radius 1 is 1.36 bits per heavy atom. The average Bonchev–Trinajstić information content (AvgIpc) is 2.99. The maximum atomic E-state index is 12.8. The second-order valence-corrected chi connectivity index (χ2v) is 6.37. The zero-order valence-electron chi connectivity index (χ0n) is 15.5. The SMILES string of the molecule is COc1ccncc1NC(=O)c1c(N)nn2ccc(OCCN3CCC3)nc12. The van der Waals surface area contributed by atoms with Crippen LogP contribution in [0.4, 0.5) is 11.5 Å². The maximum absolute atomic E-state index is 12.8. The van der Waals surface area contributed by atoms with Crippen molar-refractivity contribution in [2.75, 3.05) is 44.4 Å². The first-order valence-electron chi connectivity index (χ1n) is 8.95. The number of likely N-dealkylation sites (tertiary alicyclic amines) is 1. The molecule has 3 N–H and O–H groups in total. The van der Waals surface area contributed by atoms with E-state index in [-0.39, 0.29) is 11.4 Å². The van der Waals surface area contributed by atoms with Gasteiger partial charge < -0.3 is 20.5 Å². The number of anilines is 2. The van der Waals surface area contributed by atoms with Crippen molar-refractivity contribution in [2.24, 2.45) is 0 Å². The number of methoxy groups -OCH3 is 1. The fraction of sp³-hybridized carbons (Fsp3) is 0.333. The molecule has 0 spiro atoms. The number of fused-ring (bicyclic) bond motifs is 1. The van der Waals surface area contributed by atoms with Gasteiger partial charge in [0.15, 0.2) is 11.5 Å². The van der Waals surface area contributed by atoms with Gasteiger partial charge in [-0.25, -0.2) is 4.52 Å². The molecule has 0 aromatic carbocycles. The van der Waals surface area contributed by atoms with Gasteiger partial charge in [0, 0.05) is 31.1 Å². The van der Waals surface area contributed by atoms with Crippen LogP contribution in [0.5, 0.6) is 11.6 Å². The van der Waals surface area contributed by atoms with E-state index in [9.17, 15) is 4.79 Å². The van der Waals surface area contributed by atoms with Crippen molar-refractivity contribution in [1.29, 1.82) is 0 Å². The summed E-state index contributed by atoms with van der Waals surface area (Å²) in [6.45, 7) is 3.60. The van der Waals surface area contributed by atoms with E-state index in [2.05, 4.69) is 25.3 Å². The minimum absolute atomic E-state index is 0.0746. The van der Waals surface area contributed by atoms with Crippen molar-refractivity contribution in [1.82, 2.24) is 24.5 Å².